The van der Waals surface area contributed by atoms with Gasteiger partial charge in [0.2, 0.25) is 5.91 Å². The summed E-state index contributed by atoms with van der Waals surface area (Å²) in [6.45, 7) is 7.16. The maximum Gasteiger partial charge on any atom is 0.226 e. The van der Waals surface area contributed by atoms with Crippen LogP contribution in [0.4, 0.5) is 0 Å². The number of amides is 1. The molecule has 0 aliphatic carbocycles. The monoisotopic (exact) mass is 207 g/mol. The number of nitrogens with zero attached hydrogens (tertiary/aromatic N) is 1. The van der Waals surface area contributed by atoms with Gasteiger partial charge in [-0.3, -0.25) is 4.79 Å². The van der Waals surface area contributed by atoms with Crippen molar-refractivity contribution in [3.05, 3.63) is 23.9 Å². The van der Waals surface area contributed by atoms with Gasteiger partial charge < -0.3 is 4.90 Å². The zero-order valence-electron chi connectivity index (χ0n) is 9.99. The lowest BCUT2D eigenvalue weighted by Gasteiger charge is -2.31. The number of allylic oxidation sites excluding steroid dienone is 3. The van der Waals surface area contributed by atoms with Crippen molar-refractivity contribution in [2.24, 2.45) is 5.92 Å². The summed E-state index contributed by atoms with van der Waals surface area (Å²) in [6, 6.07) is 0. The molecular weight excluding hydrogens is 186 g/mol. The molecule has 1 heterocycles. The number of piperidine rings is 1. The number of hydrogen-bond acceptors (Lipinski definition) is 1. The van der Waals surface area contributed by atoms with Crippen LogP contribution in [0.3, 0.4) is 0 Å². The van der Waals surface area contributed by atoms with Gasteiger partial charge in [0.25, 0.3) is 0 Å². The van der Waals surface area contributed by atoms with E-state index in [4.69, 9.17) is 0 Å². The minimum absolute atomic E-state index is 0.269. The highest BCUT2D eigenvalue weighted by Crippen LogP contribution is 2.21. The molecule has 1 amide bonds. The summed E-state index contributed by atoms with van der Waals surface area (Å²) in [5, 5.41) is 0. The third kappa shape index (κ3) is 3.22. The van der Waals surface area contributed by atoms with E-state index >= 15 is 0 Å². The third-order valence-electron chi connectivity index (χ3n) is 2.71. The highest BCUT2D eigenvalue weighted by Gasteiger charge is 2.24. The van der Waals surface area contributed by atoms with Crippen LogP contribution in [0.5, 0.6) is 0 Å². The van der Waals surface area contributed by atoms with E-state index in [1.165, 1.54) is 0 Å². The molecule has 1 saturated heterocycles. The normalized spacial score (nSPS) is 23.9. The van der Waals surface area contributed by atoms with Crippen LogP contribution in [0.15, 0.2) is 23.9 Å². The van der Waals surface area contributed by atoms with Gasteiger partial charge in [0.1, 0.15) is 0 Å². The number of carbonyl (C=O) groups excluding carboxylic acids is 1. The molecule has 84 valence electrons. The van der Waals surface area contributed by atoms with Gasteiger partial charge in [-0.2, -0.15) is 0 Å². The van der Waals surface area contributed by atoms with Crippen molar-refractivity contribution in [2.45, 2.75) is 40.0 Å². The second kappa shape index (κ2) is 5.74. The van der Waals surface area contributed by atoms with Gasteiger partial charge in [-0.25, -0.2) is 0 Å². The second-order valence-electron chi connectivity index (χ2n) is 4.19. The highest BCUT2D eigenvalue weighted by molar-refractivity contribution is 5.79. The van der Waals surface area contributed by atoms with Crippen LogP contribution in [0.1, 0.15) is 40.0 Å². The van der Waals surface area contributed by atoms with Crippen LogP contribution in [0.25, 0.3) is 0 Å². The molecule has 15 heavy (non-hydrogen) atoms. The lowest BCUT2D eigenvalue weighted by Crippen LogP contribution is -2.37. The molecule has 1 fully saturated rings. The summed E-state index contributed by atoms with van der Waals surface area (Å²) in [4.78, 5) is 13.7. The average molecular weight is 207 g/mol. The standard InChI is InChI=1S/C13H21NO/c1-4-6-12(7-5-2)14-10-11(3)8-9-13(14)15/h4,6-7,11H,5,8-10H2,1-3H3/b6-4-,12-7+. The largest absolute Gasteiger partial charge is 0.313 e. The van der Waals surface area contributed by atoms with Crippen LogP contribution in [-0.4, -0.2) is 17.4 Å². The second-order valence-corrected chi connectivity index (χ2v) is 4.19. The minimum Gasteiger partial charge on any atom is -0.313 e. The predicted octanol–water partition coefficient (Wildman–Crippen LogP) is 3.11. The van der Waals surface area contributed by atoms with Gasteiger partial charge >= 0.3 is 0 Å². The molecule has 0 radical (unpaired) electrons. The molecule has 1 rings (SSSR count). The fourth-order valence-electron chi connectivity index (χ4n) is 1.91. The molecule has 2 nitrogen and oxygen atoms in total. The Morgan fingerprint density at radius 2 is 2.33 bits per heavy atom. The number of carbonyl (C=O) groups is 1. The van der Waals surface area contributed by atoms with E-state index in [0.717, 1.165) is 25.1 Å². The Hall–Kier alpha value is -1.05. The molecule has 0 aromatic carbocycles. The molecular formula is C13H21NO. The molecule has 0 aromatic rings. The Morgan fingerprint density at radius 1 is 1.60 bits per heavy atom. The molecule has 1 aliphatic heterocycles. The molecule has 0 N–H and O–H groups in total. The molecule has 0 spiro atoms. The van der Waals surface area contributed by atoms with Crippen LogP contribution in [0, 0.1) is 5.92 Å². The summed E-state index contributed by atoms with van der Waals surface area (Å²) in [5.74, 6) is 0.888. The van der Waals surface area contributed by atoms with Gasteiger partial charge in [0, 0.05) is 18.7 Å². The van der Waals surface area contributed by atoms with Crippen molar-refractivity contribution in [1.82, 2.24) is 4.90 Å². The van der Waals surface area contributed by atoms with Crippen LogP contribution >= 0.6 is 0 Å². The molecule has 1 unspecified atom stereocenters. The van der Waals surface area contributed by atoms with Gasteiger partial charge in [-0.1, -0.05) is 26.0 Å². The minimum atomic E-state index is 0.269. The molecule has 0 aromatic heterocycles. The zero-order chi connectivity index (χ0) is 11.3. The third-order valence-corrected chi connectivity index (χ3v) is 2.71. The van der Waals surface area contributed by atoms with E-state index < -0.39 is 0 Å². The molecule has 2 heteroatoms. The van der Waals surface area contributed by atoms with Crippen LogP contribution in [0.2, 0.25) is 0 Å². The van der Waals surface area contributed by atoms with Crippen LogP contribution < -0.4 is 0 Å². The Kier molecular flexibility index (Phi) is 4.60. The fraction of sp³-hybridized carbons (Fsp3) is 0.615. The van der Waals surface area contributed by atoms with Crippen molar-refractivity contribution >= 4 is 5.91 Å². The van der Waals surface area contributed by atoms with Crippen molar-refractivity contribution in [1.29, 1.82) is 0 Å². The molecule has 0 bridgehead atoms. The zero-order valence-corrected chi connectivity index (χ0v) is 9.99. The van der Waals surface area contributed by atoms with E-state index in [1.54, 1.807) is 0 Å². The van der Waals surface area contributed by atoms with Crippen molar-refractivity contribution < 1.29 is 4.79 Å². The van der Waals surface area contributed by atoms with E-state index in [9.17, 15) is 4.79 Å². The summed E-state index contributed by atoms with van der Waals surface area (Å²) in [7, 11) is 0. The quantitative estimate of drug-likeness (QED) is 0.651. The van der Waals surface area contributed by atoms with Crippen molar-refractivity contribution in [3.8, 4) is 0 Å². The predicted molar refractivity (Wildman–Crippen MR) is 63.3 cm³/mol. The maximum atomic E-state index is 11.8. The Bertz CT molecular complexity index is 278. The summed E-state index contributed by atoms with van der Waals surface area (Å²) in [6.07, 6.45) is 8.84. The molecule has 0 saturated carbocycles. The number of likely N-dealkylation sites (tertiary alicyclic amines) is 1. The van der Waals surface area contributed by atoms with E-state index in [2.05, 4.69) is 19.9 Å². The summed E-state index contributed by atoms with van der Waals surface area (Å²) in [5.41, 5.74) is 1.07. The first kappa shape index (κ1) is 12.0. The maximum absolute atomic E-state index is 11.8. The topological polar surface area (TPSA) is 20.3 Å². The Morgan fingerprint density at radius 3 is 2.93 bits per heavy atom. The molecule has 1 atom stereocenters. The number of hydrogen-bond donors (Lipinski definition) is 0. The Labute approximate surface area is 92.7 Å². The Balaban J connectivity index is 2.81. The SMILES string of the molecule is C/C=C\C(=C/CC)N1CC(C)CCC1=O. The van der Waals surface area contributed by atoms with E-state index in [1.807, 2.05) is 24.0 Å². The van der Waals surface area contributed by atoms with Gasteiger partial charge in [-0.05, 0) is 31.8 Å². The van der Waals surface area contributed by atoms with Crippen molar-refractivity contribution in [2.75, 3.05) is 6.54 Å². The van der Waals surface area contributed by atoms with Crippen LogP contribution in [-0.2, 0) is 4.79 Å². The van der Waals surface area contributed by atoms with E-state index in [0.29, 0.717) is 12.3 Å². The van der Waals surface area contributed by atoms with Gasteiger partial charge in [-0.15, -0.1) is 0 Å². The summed E-state index contributed by atoms with van der Waals surface area (Å²) < 4.78 is 0. The van der Waals surface area contributed by atoms with Gasteiger partial charge in [0.05, 0.1) is 0 Å². The lowest BCUT2D eigenvalue weighted by atomic mass is 9.99. The highest BCUT2D eigenvalue weighted by atomic mass is 16.2. The van der Waals surface area contributed by atoms with Gasteiger partial charge in [0.15, 0.2) is 0 Å². The first-order valence-electron chi connectivity index (χ1n) is 5.82. The first-order valence-corrected chi connectivity index (χ1v) is 5.82. The molecule has 1 aliphatic rings. The smallest absolute Gasteiger partial charge is 0.226 e. The lowest BCUT2D eigenvalue weighted by molar-refractivity contribution is -0.132. The average Bonchev–Trinajstić information content (AvgIpc) is 2.21. The van der Waals surface area contributed by atoms with E-state index in [-0.39, 0.29) is 5.91 Å². The number of rotatable bonds is 3. The van der Waals surface area contributed by atoms with Crippen molar-refractivity contribution in [3.63, 3.8) is 0 Å². The fourth-order valence-corrected chi connectivity index (χ4v) is 1.91. The summed E-state index contributed by atoms with van der Waals surface area (Å²) >= 11 is 0. The first-order chi connectivity index (χ1) is 7.19.